The third-order valence-corrected chi connectivity index (χ3v) is 16.4. The lowest BCUT2D eigenvalue weighted by Gasteiger charge is -2.44. The van der Waals surface area contributed by atoms with E-state index in [2.05, 4.69) is 223 Å². The molecule has 2 aliphatic heterocycles. The van der Waals surface area contributed by atoms with Gasteiger partial charge >= 0.3 is 0 Å². The number of fused-ring (bicyclic) bond motifs is 7. The lowest BCUT2D eigenvalue weighted by atomic mass is 9.36. The molecule has 3 aliphatic rings. The normalized spacial score (nSPS) is 16.4. The van der Waals surface area contributed by atoms with E-state index in [1.165, 1.54) is 123 Å². The lowest BCUT2D eigenvalue weighted by molar-refractivity contribution is 0.332. The van der Waals surface area contributed by atoms with Crippen molar-refractivity contribution in [2.45, 2.75) is 144 Å². The van der Waals surface area contributed by atoms with Gasteiger partial charge in [0.25, 0.3) is 6.71 Å². The van der Waals surface area contributed by atoms with Crippen LogP contribution < -0.4 is 25.5 Å². The summed E-state index contributed by atoms with van der Waals surface area (Å²) < 4.78 is 2.85. The monoisotopic (exact) mass is 859 g/mol. The Kier molecular flexibility index (Phi) is 9.53. The molecule has 10 rings (SSSR count). The zero-order valence-electron chi connectivity index (χ0n) is 41.2. The van der Waals surface area contributed by atoms with Gasteiger partial charge in [-0.2, -0.15) is 0 Å². The van der Waals surface area contributed by atoms with Gasteiger partial charge in [-0.1, -0.05) is 145 Å². The molecule has 3 heterocycles. The van der Waals surface area contributed by atoms with Gasteiger partial charge in [0.2, 0.25) is 0 Å². The molecule has 0 unspecified atom stereocenters. The molecule has 0 bridgehead atoms. The van der Waals surface area contributed by atoms with E-state index in [4.69, 9.17) is 0 Å². The van der Waals surface area contributed by atoms with Crippen LogP contribution in [0, 0.1) is 13.8 Å². The first kappa shape index (κ1) is 42.9. The summed E-state index contributed by atoms with van der Waals surface area (Å²) in [7, 11) is 0. The van der Waals surface area contributed by atoms with Gasteiger partial charge in [-0.3, -0.25) is 0 Å². The van der Waals surface area contributed by atoms with Crippen LogP contribution in [0.5, 0.6) is 0 Å². The predicted molar refractivity (Wildman–Crippen MR) is 282 cm³/mol. The maximum absolute atomic E-state index is 2.66. The minimum atomic E-state index is -0.00887. The fourth-order valence-electron chi connectivity index (χ4n) is 11.0. The highest BCUT2D eigenvalue weighted by Gasteiger charge is 2.47. The van der Waals surface area contributed by atoms with E-state index in [0.717, 1.165) is 0 Å². The Labute approximate surface area is 388 Å². The van der Waals surface area contributed by atoms with Crippen LogP contribution in [0.3, 0.4) is 0 Å². The van der Waals surface area contributed by atoms with Crippen molar-refractivity contribution in [2.75, 3.05) is 9.80 Å². The van der Waals surface area contributed by atoms with Crippen LogP contribution in [0.25, 0.3) is 21.2 Å². The molecular formula is C60H67BN2S. The number of aryl methyl sites for hydroxylation is 2. The van der Waals surface area contributed by atoms with Crippen molar-refractivity contribution in [1.82, 2.24) is 0 Å². The summed E-state index contributed by atoms with van der Waals surface area (Å²) in [5, 5.41) is 1.39. The number of thiophene rings is 1. The van der Waals surface area contributed by atoms with Crippen molar-refractivity contribution in [3.63, 3.8) is 0 Å². The van der Waals surface area contributed by atoms with Gasteiger partial charge in [0.15, 0.2) is 0 Å². The van der Waals surface area contributed by atoms with E-state index in [1.807, 2.05) is 11.3 Å². The minimum Gasteiger partial charge on any atom is -0.311 e. The van der Waals surface area contributed by atoms with Crippen molar-refractivity contribution in [3.8, 4) is 11.1 Å². The molecule has 1 aromatic heterocycles. The Bertz CT molecular complexity index is 3010. The highest BCUT2D eigenvalue weighted by Crippen LogP contribution is 2.53. The van der Waals surface area contributed by atoms with E-state index < -0.39 is 0 Å². The molecule has 0 saturated heterocycles. The molecule has 0 fully saturated rings. The third-order valence-electron chi connectivity index (χ3n) is 15.2. The van der Waals surface area contributed by atoms with E-state index in [9.17, 15) is 0 Å². The standard InChI is InChI=1S/C60H67BN2S/c1-36-30-50-53-51(31-36)63(48-26-18-39(32-37(48)2)38-16-19-40(20-17-38)56(3,4)5)49-27-23-42(58(9,10)11)33-47(49)61(53)55-54(62(50)43-24-21-41(22-25-43)57(6,7)8)44-34-45-46(35-52(44)64-55)60(14,15)29-28-59(45,12)13/h16-27,30-35H,28-29H2,1-15H3. The van der Waals surface area contributed by atoms with Crippen molar-refractivity contribution < 1.29 is 0 Å². The van der Waals surface area contributed by atoms with Gasteiger partial charge in [0.05, 0.1) is 5.69 Å². The first-order valence-electron chi connectivity index (χ1n) is 23.8. The van der Waals surface area contributed by atoms with E-state index in [-0.39, 0.29) is 33.8 Å². The number of anilines is 6. The average Bonchev–Trinajstić information content (AvgIpc) is 3.59. The summed E-state index contributed by atoms with van der Waals surface area (Å²) in [5.74, 6) is 0. The zero-order valence-corrected chi connectivity index (χ0v) is 42.0. The molecular weight excluding hydrogens is 792 g/mol. The molecule has 0 saturated carbocycles. The predicted octanol–water partition coefficient (Wildman–Crippen LogP) is 15.5. The quantitative estimate of drug-likeness (QED) is 0.163. The fourth-order valence-corrected chi connectivity index (χ4v) is 12.4. The summed E-state index contributed by atoms with van der Waals surface area (Å²) in [6.45, 7) is 35.4. The summed E-state index contributed by atoms with van der Waals surface area (Å²) in [6, 6.07) is 43.4. The van der Waals surface area contributed by atoms with Crippen LogP contribution >= 0.6 is 11.3 Å². The number of nitrogens with zero attached hydrogens (tertiary/aromatic N) is 2. The maximum Gasteiger partial charge on any atom is 0.264 e. The van der Waals surface area contributed by atoms with Crippen LogP contribution in [0.15, 0.2) is 109 Å². The highest BCUT2D eigenvalue weighted by molar-refractivity contribution is 7.33. The van der Waals surface area contributed by atoms with E-state index in [0.29, 0.717) is 0 Å². The Morgan fingerprint density at radius 1 is 0.516 bits per heavy atom. The van der Waals surface area contributed by atoms with Crippen LogP contribution in [-0.4, -0.2) is 6.71 Å². The molecule has 0 radical (unpaired) electrons. The van der Waals surface area contributed by atoms with Gasteiger partial charge < -0.3 is 9.80 Å². The fraction of sp³-hybridized carbons (Fsp3) is 0.367. The van der Waals surface area contributed by atoms with Gasteiger partial charge in [-0.15, -0.1) is 11.3 Å². The Morgan fingerprint density at radius 3 is 1.61 bits per heavy atom. The third kappa shape index (κ3) is 6.80. The smallest absolute Gasteiger partial charge is 0.264 e. The molecule has 0 N–H and O–H groups in total. The first-order valence-corrected chi connectivity index (χ1v) is 24.6. The molecule has 6 aromatic carbocycles. The van der Waals surface area contributed by atoms with Gasteiger partial charge in [-0.05, 0) is 169 Å². The average molecular weight is 859 g/mol. The molecule has 0 amide bonds. The highest BCUT2D eigenvalue weighted by atomic mass is 32.1. The molecule has 64 heavy (non-hydrogen) atoms. The second-order valence-corrected chi connectivity index (χ2v) is 25.0. The zero-order chi connectivity index (χ0) is 45.6. The lowest BCUT2D eigenvalue weighted by Crippen LogP contribution is -2.60. The molecule has 0 spiro atoms. The largest absolute Gasteiger partial charge is 0.311 e. The van der Waals surface area contributed by atoms with E-state index in [1.54, 1.807) is 0 Å². The summed E-state index contributed by atoms with van der Waals surface area (Å²) in [6.07, 6.45) is 2.40. The topological polar surface area (TPSA) is 6.48 Å². The van der Waals surface area contributed by atoms with Crippen LogP contribution in [0.1, 0.15) is 142 Å². The molecule has 7 aromatic rings. The molecule has 4 heteroatoms. The van der Waals surface area contributed by atoms with Crippen molar-refractivity contribution in [2.24, 2.45) is 0 Å². The number of hydrogen-bond acceptors (Lipinski definition) is 3. The summed E-state index contributed by atoms with van der Waals surface area (Å²) in [4.78, 5) is 5.26. The second-order valence-electron chi connectivity index (χ2n) is 23.9. The van der Waals surface area contributed by atoms with Crippen LogP contribution in [0.4, 0.5) is 34.1 Å². The maximum atomic E-state index is 2.66. The van der Waals surface area contributed by atoms with Crippen LogP contribution in [-0.2, 0) is 27.1 Å². The Hall–Kier alpha value is -5.06. The molecule has 0 atom stereocenters. The first-order chi connectivity index (χ1) is 29.9. The van der Waals surface area contributed by atoms with Crippen molar-refractivity contribution in [3.05, 3.63) is 148 Å². The number of benzene rings is 6. The molecule has 1 aliphatic carbocycles. The molecule has 2 nitrogen and oxygen atoms in total. The Morgan fingerprint density at radius 2 is 1.03 bits per heavy atom. The number of hydrogen-bond donors (Lipinski definition) is 0. The van der Waals surface area contributed by atoms with Gasteiger partial charge in [0, 0.05) is 43.3 Å². The number of rotatable bonds is 3. The second kappa shape index (κ2) is 14.2. The van der Waals surface area contributed by atoms with Gasteiger partial charge in [0.1, 0.15) is 0 Å². The van der Waals surface area contributed by atoms with Crippen LogP contribution in [0.2, 0.25) is 0 Å². The minimum absolute atomic E-state index is 0.00887. The van der Waals surface area contributed by atoms with Gasteiger partial charge in [-0.25, -0.2) is 0 Å². The Balaban J connectivity index is 1.26. The SMILES string of the molecule is Cc1cc2c3c(c1)N(c1ccc(C(C)(C)C)cc1)c1c(sc4cc5c(cc14)C(C)(C)CCC5(C)C)B3c1cc(C(C)(C)C)ccc1N2c1ccc(-c2ccc(C(C)(C)C)cc2)cc1C. The summed E-state index contributed by atoms with van der Waals surface area (Å²) >= 11 is 2.04. The van der Waals surface area contributed by atoms with Crippen molar-refractivity contribution in [1.29, 1.82) is 0 Å². The summed E-state index contributed by atoms with van der Waals surface area (Å²) in [5.41, 5.74) is 23.0. The van der Waals surface area contributed by atoms with E-state index >= 15 is 0 Å². The molecule has 326 valence electrons. The van der Waals surface area contributed by atoms with Crippen molar-refractivity contribution >= 4 is 78.0 Å².